The molecule has 0 atom stereocenters. The number of ketones is 1. The normalized spacial score (nSPS) is 17.5. The first-order valence-corrected chi connectivity index (χ1v) is 5.27. The van der Waals surface area contributed by atoms with Crippen LogP contribution in [0.2, 0.25) is 0 Å². The Bertz CT molecular complexity index is 331. The number of carbonyl (C=O) groups is 1. The summed E-state index contributed by atoms with van der Waals surface area (Å²) in [5.74, 6) is 0.576. The van der Waals surface area contributed by atoms with Gasteiger partial charge in [-0.1, -0.05) is 12.8 Å². The fraction of sp³-hybridized carbons (Fsp3) is 0.667. The third kappa shape index (κ3) is 1.80. The number of alkyl halides is 1. The highest BCUT2D eigenvalue weighted by molar-refractivity contribution is 6.29. The standard InChI is InChI=1S/C9H11ClN2O2/c10-5-7(13)9-12-11-8(14-9)6-3-1-2-4-6/h6H,1-5H2. The van der Waals surface area contributed by atoms with Crippen molar-refractivity contribution in [1.82, 2.24) is 10.2 Å². The first-order chi connectivity index (χ1) is 6.81. The highest BCUT2D eigenvalue weighted by Crippen LogP contribution is 2.33. The van der Waals surface area contributed by atoms with E-state index in [4.69, 9.17) is 16.0 Å². The van der Waals surface area contributed by atoms with Gasteiger partial charge in [0.1, 0.15) is 0 Å². The van der Waals surface area contributed by atoms with E-state index in [1.54, 1.807) is 0 Å². The van der Waals surface area contributed by atoms with Crippen molar-refractivity contribution in [3.8, 4) is 0 Å². The Morgan fingerprint density at radius 3 is 2.79 bits per heavy atom. The second-order valence-corrected chi connectivity index (χ2v) is 3.75. The molecule has 0 spiro atoms. The lowest BCUT2D eigenvalue weighted by atomic mass is 10.1. The van der Waals surface area contributed by atoms with Crippen molar-refractivity contribution in [1.29, 1.82) is 0 Å². The summed E-state index contributed by atoms with van der Waals surface area (Å²) in [7, 11) is 0. The van der Waals surface area contributed by atoms with Gasteiger partial charge in [-0.05, 0) is 12.8 Å². The van der Waals surface area contributed by atoms with E-state index in [1.807, 2.05) is 0 Å². The number of Topliss-reactive ketones (excluding diaryl/α,β-unsaturated/α-hetero) is 1. The van der Waals surface area contributed by atoms with E-state index in [-0.39, 0.29) is 17.6 Å². The number of rotatable bonds is 3. The second kappa shape index (κ2) is 4.09. The third-order valence-electron chi connectivity index (χ3n) is 2.50. The summed E-state index contributed by atoms with van der Waals surface area (Å²) >= 11 is 5.38. The van der Waals surface area contributed by atoms with Crippen molar-refractivity contribution >= 4 is 17.4 Å². The zero-order chi connectivity index (χ0) is 9.97. The van der Waals surface area contributed by atoms with Crippen LogP contribution in [0.15, 0.2) is 4.42 Å². The number of hydrogen-bond acceptors (Lipinski definition) is 4. The lowest BCUT2D eigenvalue weighted by Crippen LogP contribution is -1.99. The summed E-state index contributed by atoms with van der Waals surface area (Å²) in [5, 5.41) is 7.55. The molecule has 0 amide bonds. The molecule has 76 valence electrons. The maximum absolute atomic E-state index is 11.1. The van der Waals surface area contributed by atoms with E-state index < -0.39 is 0 Å². The van der Waals surface area contributed by atoms with Gasteiger partial charge in [-0.25, -0.2) is 0 Å². The summed E-state index contributed by atoms with van der Waals surface area (Å²) in [4.78, 5) is 11.1. The smallest absolute Gasteiger partial charge is 0.285 e. The minimum absolute atomic E-state index is 0.0434. The maximum atomic E-state index is 11.1. The van der Waals surface area contributed by atoms with Gasteiger partial charge in [0.05, 0.1) is 5.88 Å². The van der Waals surface area contributed by atoms with Crippen molar-refractivity contribution in [2.24, 2.45) is 0 Å². The van der Waals surface area contributed by atoms with Gasteiger partial charge < -0.3 is 4.42 Å². The topological polar surface area (TPSA) is 56.0 Å². The van der Waals surface area contributed by atoms with E-state index in [0.29, 0.717) is 11.8 Å². The van der Waals surface area contributed by atoms with E-state index in [9.17, 15) is 4.79 Å². The predicted molar refractivity (Wildman–Crippen MR) is 50.6 cm³/mol. The van der Waals surface area contributed by atoms with Crippen LogP contribution in [0.3, 0.4) is 0 Å². The van der Waals surface area contributed by atoms with Crippen LogP contribution < -0.4 is 0 Å². The number of aromatic nitrogens is 2. The van der Waals surface area contributed by atoms with Crippen LogP contribution in [-0.4, -0.2) is 21.9 Å². The number of nitrogens with zero attached hydrogens (tertiary/aromatic N) is 2. The van der Waals surface area contributed by atoms with Crippen LogP contribution >= 0.6 is 11.6 Å². The van der Waals surface area contributed by atoms with Gasteiger partial charge in [0, 0.05) is 5.92 Å². The first kappa shape index (κ1) is 9.65. The molecule has 0 aromatic carbocycles. The molecule has 4 nitrogen and oxygen atoms in total. The second-order valence-electron chi connectivity index (χ2n) is 3.48. The summed E-state index contributed by atoms with van der Waals surface area (Å²) in [6.07, 6.45) is 4.56. The van der Waals surface area contributed by atoms with Crippen molar-refractivity contribution < 1.29 is 9.21 Å². The zero-order valence-electron chi connectivity index (χ0n) is 7.70. The molecular formula is C9H11ClN2O2. The molecule has 2 rings (SSSR count). The van der Waals surface area contributed by atoms with Crippen molar-refractivity contribution in [2.45, 2.75) is 31.6 Å². The summed E-state index contributed by atoms with van der Waals surface area (Å²) in [5.41, 5.74) is 0. The maximum Gasteiger partial charge on any atom is 0.285 e. The molecule has 5 heteroatoms. The van der Waals surface area contributed by atoms with Gasteiger partial charge >= 0.3 is 0 Å². The van der Waals surface area contributed by atoms with E-state index in [1.165, 1.54) is 12.8 Å². The van der Waals surface area contributed by atoms with E-state index in [0.717, 1.165) is 12.8 Å². The van der Waals surface area contributed by atoms with E-state index >= 15 is 0 Å². The molecule has 1 heterocycles. The highest BCUT2D eigenvalue weighted by Gasteiger charge is 2.24. The molecule has 1 fully saturated rings. The Labute approximate surface area is 86.6 Å². The number of halogens is 1. The summed E-state index contributed by atoms with van der Waals surface area (Å²) in [6, 6.07) is 0. The monoisotopic (exact) mass is 214 g/mol. The van der Waals surface area contributed by atoms with Gasteiger partial charge in [-0.3, -0.25) is 4.79 Å². The van der Waals surface area contributed by atoms with Crippen molar-refractivity contribution in [3.63, 3.8) is 0 Å². The molecule has 1 aromatic heterocycles. The Kier molecular flexibility index (Phi) is 2.82. The molecule has 1 aliphatic rings. The Balaban J connectivity index is 2.12. The predicted octanol–water partition coefficient (Wildman–Crippen LogP) is 2.15. The molecule has 0 saturated heterocycles. The molecule has 0 unspecified atom stereocenters. The van der Waals surface area contributed by atoms with Gasteiger partial charge in [0.15, 0.2) is 0 Å². The average molecular weight is 215 g/mol. The Morgan fingerprint density at radius 1 is 1.43 bits per heavy atom. The lowest BCUT2D eigenvalue weighted by molar-refractivity contribution is 0.0982. The van der Waals surface area contributed by atoms with Crippen LogP contribution in [0.25, 0.3) is 0 Å². The SMILES string of the molecule is O=C(CCl)c1nnc(C2CCCC2)o1. The number of carbonyl (C=O) groups excluding carboxylic acids is 1. The average Bonchev–Trinajstić information content (AvgIpc) is 2.86. The van der Waals surface area contributed by atoms with Gasteiger partial charge in [-0.15, -0.1) is 21.8 Å². The summed E-state index contributed by atoms with van der Waals surface area (Å²) in [6.45, 7) is 0. The molecule has 14 heavy (non-hydrogen) atoms. The summed E-state index contributed by atoms with van der Waals surface area (Å²) < 4.78 is 5.26. The fourth-order valence-electron chi connectivity index (χ4n) is 1.74. The molecule has 1 saturated carbocycles. The largest absolute Gasteiger partial charge is 0.418 e. The van der Waals surface area contributed by atoms with Gasteiger partial charge in [0.2, 0.25) is 11.7 Å². The molecular weight excluding hydrogens is 204 g/mol. The van der Waals surface area contributed by atoms with Crippen LogP contribution in [0.4, 0.5) is 0 Å². The van der Waals surface area contributed by atoms with Gasteiger partial charge in [0.25, 0.3) is 5.89 Å². The van der Waals surface area contributed by atoms with Gasteiger partial charge in [-0.2, -0.15) is 0 Å². The third-order valence-corrected chi connectivity index (χ3v) is 2.75. The lowest BCUT2D eigenvalue weighted by Gasteiger charge is -1.99. The Hall–Kier alpha value is -0.900. The molecule has 0 aliphatic heterocycles. The van der Waals surface area contributed by atoms with Crippen LogP contribution in [0, 0.1) is 0 Å². The molecule has 0 N–H and O–H groups in total. The zero-order valence-corrected chi connectivity index (χ0v) is 8.46. The van der Waals surface area contributed by atoms with E-state index in [2.05, 4.69) is 10.2 Å². The molecule has 0 radical (unpaired) electrons. The fourth-order valence-corrected chi connectivity index (χ4v) is 1.86. The van der Waals surface area contributed by atoms with Crippen LogP contribution in [0.1, 0.15) is 48.2 Å². The van der Waals surface area contributed by atoms with Crippen LogP contribution in [-0.2, 0) is 0 Å². The minimum atomic E-state index is -0.302. The minimum Gasteiger partial charge on any atom is -0.418 e. The molecule has 1 aliphatic carbocycles. The Morgan fingerprint density at radius 2 is 2.14 bits per heavy atom. The van der Waals surface area contributed by atoms with Crippen molar-refractivity contribution in [3.05, 3.63) is 11.8 Å². The quantitative estimate of drug-likeness (QED) is 0.572. The van der Waals surface area contributed by atoms with Crippen molar-refractivity contribution in [2.75, 3.05) is 5.88 Å². The number of hydrogen-bond donors (Lipinski definition) is 0. The van der Waals surface area contributed by atoms with Crippen LogP contribution in [0.5, 0.6) is 0 Å². The first-order valence-electron chi connectivity index (χ1n) is 4.74. The highest BCUT2D eigenvalue weighted by atomic mass is 35.5. The molecule has 0 bridgehead atoms. The molecule has 1 aromatic rings.